The number of thioether (sulfide) groups is 1. The number of rotatable bonds is 8. The molecule has 3 aromatic carbocycles. The summed E-state index contributed by atoms with van der Waals surface area (Å²) in [6.07, 6.45) is 0. The number of aromatic nitrogens is 1. The van der Waals surface area contributed by atoms with Crippen molar-refractivity contribution >= 4 is 28.6 Å². The van der Waals surface area contributed by atoms with E-state index in [4.69, 9.17) is 4.74 Å². The third kappa shape index (κ3) is 4.78. The summed E-state index contributed by atoms with van der Waals surface area (Å²) in [7, 11) is 0. The number of hydrogen-bond donors (Lipinski definition) is 2. The number of carbonyl (C=O) groups excluding carboxylic acids is 1. The zero-order valence-corrected chi connectivity index (χ0v) is 18.6. The molecule has 158 valence electrons. The Hall–Kier alpha value is -3.18. The number of aromatic amines is 1. The molecule has 1 heterocycles. The Balaban J connectivity index is 1.48. The molecule has 4 aromatic rings. The summed E-state index contributed by atoms with van der Waals surface area (Å²) in [6, 6.07) is 24.3. The van der Waals surface area contributed by atoms with E-state index in [1.54, 1.807) is 17.8 Å². The highest BCUT2D eigenvalue weighted by Gasteiger charge is 2.15. The first-order valence-electron chi connectivity index (χ1n) is 10.5. The van der Waals surface area contributed by atoms with Gasteiger partial charge in [-0.3, -0.25) is 4.79 Å². The molecule has 0 spiro atoms. The van der Waals surface area contributed by atoms with E-state index in [2.05, 4.69) is 59.7 Å². The lowest BCUT2D eigenvalue weighted by Gasteiger charge is -2.10. The molecule has 4 rings (SSSR count). The van der Waals surface area contributed by atoms with Crippen molar-refractivity contribution in [3.05, 3.63) is 83.9 Å². The van der Waals surface area contributed by atoms with Crippen LogP contribution in [-0.4, -0.2) is 29.8 Å². The van der Waals surface area contributed by atoms with Gasteiger partial charge in [0.1, 0.15) is 5.75 Å². The number of ether oxygens (including phenoxy) is 1. The van der Waals surface area contributed by atoms with Crippen LogP contribution in [-0.2, 0) is 0 Å². The fourth-order valence-corrected chi connectivity index (χ4v) is 4.59. The summed E-state index contributed by atoms with van der Waals surface area (Å²) in [5.74, 6) is 1.28. The van der Waals surface area contributed by atoms with Gasteiger partial charge in [0.15, 0.2) is 0 Å². The van der Waals surface area contributed by atoms with Gasteiger partial charge in [0.2, 0.25) is 0 Å². The number of H-pyrrole nitrogens is 1. The molecule has 2 N–H and O–H groups in total. The number of amides is 1. The predicted molar refractivity (Wildman–Crippen MR) is 129 cm³/mol. The number of hydrogen-bond acceptors (Lipinski definition) is 3. The van der Waals surface area contributed by atoms with E-state index < -0.39 is 0 Å². The molecule has 0 saturated carbocycles. The standard InChI is InChI=1S/C26H26N2O2S/c1-3-30-23-11-7-5-9-21(23)26(29)27-16-17-31-25-20-8-4-6-10-22(20)28-24(25)19-14-12-18(2)13-15-19/h4-15,28H,3,16-17H2,1-2H3,(H,27,29). The quantitative estimate of drug-likeness (QED) is 0.264. The van der Waals surface area contributed by atoms with Crippen molar-refractivity contribution in [1.29, 1.82) is 0 Å². The van der Waals surface area contributed by atoms with Crippen molar-refractivity contribution in [2.75, 3.05) is 18.9 Å². The first-order valence-corrected chi connectivity index (χ1v) is 11.5. The fraction of sp³-hybridized carbons (Fsp3) is 0.192. The highest BCUT2D eigenvalue weighted by molar-refractivity contribution is 7.99. The van der Waals surface area contributed by atoms with Crippen molar-refractivity contribution in [3.63, 3.8) is 0 Å². The lowest BCUT2D eigenvalue weighted by Crippen LogP contribution is -2.26. The van der Waals surface area contributed by atoms with Crippen molar-refractivity contribution < 1.29 is 9.53 Å². The van der Waals surface area contributed by atoms with Crippen LogP contribution < -0.4 is 10.1 Å². The second kappa shape index (κ2) is 9.75. The van der Waals surface area contributed by atoms with Gasteiger partial charge < -0.3 is 15.0 Å². The van der Waals surface area contributed by atoms with Gasteiger partial charge in [-0.25, -0.2) is 0 Å². The number of nitrogens with one attached hydrogen (secondary N) is 2. The summed E-state index contributed by atoms with van der Waals surface area (Å²) in [5, 5.41) is 4.23. The molecule has 4 nitrogen and oxygen atoms in total. The molecule has 0 aliphatic heterocycles. The Bertz CT molecular complexity index is 1180. The molecule has 0 saturated heterocycles. The Morgan fingerprint density at radius 2 is 1.74 bits per heavy atom. The molecule has 31 heavy (non-hydrogen) atoms. The summed E-state index contributed by atoms with van der Waals surface area (Å²) in [5.41, 5.74) is 5.22. The molecule has 0 aliphatic carbocycles. The normalized spacial score (nSPS) is 10.9. The minimum absolute atomic E-state index is 0.109. The molecule has 0 fully saturated rings. The Morgan fingerprint density at radius 3 is 2.55 bits per heavy atom. The summed E-state index contributed by atoms with van der Waals surface area (Å²) >= 11 is 1.76. The Kier molecular flexibility index (Phi) is 6.63. The number of para-hydroxylation sites is 2. The minimum Gasteiger partial charge on any atom is -0.493 e. The van der Waals surface area contributed by atoms with Crippen molar-refractivity contribution in [3.8, 4) is 17.0 Å². The Labute approximate surface area is 187 Å². The van der Waals surface area contributed by atoms with Crippen molar-refractivity contribution in [2.45, 2.75) is 18.7 Å². The molecule has 1 aromatic heterocycles. The third-order valence-electron chi connectivity index (χ3n) is 5.06. The smallest absolute Gasteiger partial charge is 0.255 e. The number of benzene rings is 3. The largest absolute Gasteiger partial charge is 0.493 e. The van der Waals surface area contributed by atoms with Gasteiger partial charge in [-0.15, -0.1) is 11.8 Å². The van der Waals surface area contributed by atoms with Crippen LogP contribution >= 0.6 is 11.8 Å². The lowest BCUT2D eigenvalue weighted by molar-refractivity contribution is 0.0952. The SMILES string of the molecule is CCOc1ccccc1C(=O)NCCSc1c(-c2ccc(C)cc2)[nH]c2ccccc12. The van der Waals surface area contributed by atoms with Crippen LogP contribution in [0.5, 0.6) is 5.75 Å². The van der Waals surface area contributed by atoms with Crippen molar-refractivity contribution in [1.82, 2.24) is 10.3 Å². The zero-order chi connectivity index (χ0) is 21.6. The van der Waals surface area contributed by atoms with E-state index in [1.165, 1.54) is 21.4 Å². The van der Waals surface area contributed by atoms with Crippen LogP contribution in [0.15, 0.2) is 77.7 Å². The van der Waals surface area contributed by atoms with Gasteiger partial charge in [0, 0.05) is 28.1 Å². The first kappa shape index (κ1) is 21.1. The third-order valence-corrected chi connectivity index (χ3v) is 6.19. The average Bonchev–Trinajstić information content (AvgIpc) is 3.16. The van der Waals surface area contributed by atoms with E-state index in [0.29, 0.717) is 24.5 Å². The predicted octanol–water partition coefficient (Wildman–Crippen LogP) is 6.06. The van der Waals surface area contributed by atoms with Crippen LogP contribution in [0.3, 0.4) is 0 Å². The van der Waals surface area contributed by atoms with Crippen molar-refractivity contribution in [2.24, 2.45) is 0 Å². The van der Waals surface area contributed by atoms with Gasteiger partial charge in [-0.05, 0) is 37.6 Å². The summed E-state index contributed by atoms with van der Waals surface area (Å²) < 4.78 is 5.57. The fourth-order valence-electron chi connectivity index (χ4n) is 3.54. The van der Waals surface area contributed by atoms with E-state index in [0.717, 1.165) is 17.0 Å². The molecule has 0 unspecified atom stereocenters. The molecular weight excluding hydrogens is 404 g/mol. The van der Waals surface area contributed by atoms with Gasteiger partial charge in [0.05, 0.1) is 17.9 Å². The number of aryl methyl sites for hydroxylation is 1. The first-order chi connectivity index (χ1) is 15.2. The van der Waals surface area contributed by atoms with Gasteiger partial charge in [0.25, 0.3) is 5.91 Å². The highest BCUT2D eigenvalue weighted by Crippen LogP contribution is 2.37. The monoisotopic (exact) mass is 430 g/mol. The highest BCUT2D eigenvalue weighted by atomic mass is 32.2. The van der Waals surface area contributed by atoms with Crippen LogP contribution in [0.2, 0.25) is 0 Å². The topological polar surface area (TPSA) is 54.1 Å². The molecule has 1 amide bonds. The summed E-state index contributed by atoms with van der Waals surface area (Å²) in [4.78, 5) is 17.4. The van der Waals surface area contributed by atoms with Gasteiger partial charge in [-0.1, -0.05) is 60.2 Å². The maximum atomic E-state index is 12.6. The van der Waals surface area contributed by atoms with E-state index in [-0.39, 0.29) is 5.91 Å². The van der Waals surface area contributed by atoms with E-state index >= 15 is 0 Å². The molecule has 0 atom stereocenters. The molecule has 0 aliphatic rings. The zero-order valence-electron chi connectivity index (χ0n) is 17.8. The van der Waals surface area contributed by atoms with Gasteiger partial charge in [-0.2, -0.15) is 0 Å². The Morgan fingerprint density at radius 1 is 1.00 bits per heavy atom. The van der Waals surface area contributed by atoms with E-state index in [9.17, 15) is 4.79 Å². The van der Waals surface area contributed by atoms with Gasteiger partial charge >= 0.3 is 0 Å². The average molecular weight is 431 g/mol. The minimum atomic E-state index is -0.109. The molecular formula is C26H26N2O2S. The summed E-state index contributed by atoms with van der Waals surface area (Å²) in [6.45, 7) is 5.11. The maximum absolute atomic E-state index is 12.6. The van der Waals surface area contributed by atoms with Crippen LogP contribution in [0, 0.1) is 6.92 Å². The van der Waals surface area contributed by atoms with Crippen LogP contribution in [0.25, 0.3) is 22.2 Å². The second-order valence-corrected chi connectivity index (χ2v) is 8.38. The van der Waals surface area contributed by atoms with Crippen LogP contribution in [0.4, 0.5) is 0 Å². The number of fused-ring (bicyclic) bond motifs is 1. The van der Waals surface area contributed by atoms with Crippen LogP contribution in [0.1, 0.15) is 22.8 Å². The molecule has 0 bridgehead atoms. The van der Waals surface area contributed by atoms with E-state index in [1.807, 2.05) is 31.2 Å². The molecule has 5 heteroatoms. The second-order valence-electron chi connectivity index (χ2n) is 7.27. The maximum Gasteiger partial charge on any atom is 0.255 e. The lowest BCUT2D eigenvalue weighted by atomic mass is 10.1. The molecule has 0 radical (unpaired) electrons. The number of carbonyl (C=O) groups is 1.